The molecule has 1 aliphatic rings. The molecule has 1 aromatic carbocycles. The zero-order valence-electron chi connectivity index (χ0n) is 13.3. The Morgan fingerprint density at radius 3 is 2.00 bits per heavy atom. The quantitative estimate of drug-likeness (QED) is 0.814. The number of hydrogen-bond donors (Lipinski definition) is 0. The van der Waals surface area contributed by atoms with Gasteiger partial charge in [0.25, 0.3) is 0 Å². The van der Waals surface area contributed by atoms with Crippen LogP contribution in [-0.2, 0) is 0 Å². The van der Waals surface area contributed by atoms with Crippen LogP contribution in [0.3, 0.4) is 0 Å². The molecule has 19 heavy (non-hydrogen) atoms. The molecule has 0 saturated carbocycles. The molecule has 0 spiro atoms. The Morgan fingerprint density at radius 2 is 1.53 bits per heavy atom. The van der Waals surface area contributed by atoms with E-state index in [2.05, 4.69) is 54.8 Å². The van der Waals surface area contributed by atoms with Gasteiger partial charge in [-0.15, -0.1) is 0 Å². The van der Waals surface area contributed by atoms with E-state index in [1.54, 1.807) is 0 Å². The van der Waals surface area contributed by atoms with Gasteiger partial charge >= 0.3 is 0 Å². The van der Waals surface area contributed by atoms with Gasteiger partial charge in [-0.2, -0.15) is 0 Å². The molecule has 1 aromatic rings. The van der Waals surface area contributed by atoms with Crippen molar-refractivity contribution in [3.05, 3.63) is 29.8 Å². The van der Waals surface area contributed by atoms with Crippen molar-refractivity contribution in [3.63, 3.8) is 0 Å². The third-order valence-corrected chi connectivity index (χ3v) is 3.93. The first kappa shape index (κ1) is 16.0. The van der Waals surface area contributed by atoms with Gasteiger partial charge in [-0.05, 0) is 32.4 Å². The molecule has 0 aromatic heterocycles. The molecule has 108 valence electrons. The lowest BCUT2D eigenvalue weighted by atomic mass is 10.1. The van der Waals surface area contributed by atoms with Gasteiger partial charge in [-0.1, -0.05) is 38.5 Å². The van der Waals surface area contributed by atoms with Crippen LogP contribution in [0.4, 0.5) is 5.69 Å². The van der Waals surface area contributed by atoms with Gasteiger partial charge < -0.3 is 4.90 Å². The van der Waals surface area contributed by atoms with Gasteiger partial charge in [0.1, 0.15) is 0 Å². The van der Waals surface area contributed by atoms with Crippen LogP contribution >= 0.6 is 0 Å². The SMILES string of the molecule is CC.CCC(C)N1CCN(c2ccc(C)cc2)CC1. The average molecular weight is 262 g/mol. The van der Waals surface area contributed by atoms with E-state index in [1.807, 2.05) is 13.8 Å². The van der Waals surface area contributed by atoms with Crippen LogP contribution in [-0.4, -0.2) is 37.1 Å². The van der Waals surface area contributed by atoms with E-state index < -0.39 is 0 Å². The van der Waals surface area contributed by atoms with Crippen LogP contribution in [0.15, 0.2) is 24.3 Å². The Balaban J connectivity index is 0.000000861. The molecule has 0 radical (unpaired) electrons. The fraction of sp³-hybridized carbons (Fsp3) is 0.647. The lowest BCUT2D eigenvalue weighted by Gasteiger charge is -2.39. The molecule has 1 aliphatic heterocycles. The highest BCUT2D eigenvalue weighted by atomic mass is 15.3. The zero-order chi connectivity index (χ0) is 14.3. The molecule has 0 aliphatic carbocycles. The van der Waals surface area contributed by atoms with Crippen LogP contribution in [0, 0.1) is 6.92 Å². The zero-order valence-corrected chi connectivity index (χ0v) is 13.3. The van der Waals surface area contributed by atoms with Gasteiger partial charge in [0.2, 0.25) is 0 Å². The van der Waals surface area contributed by atoms with Crippen molar-refractivity contribution in [3.8, 4) is 0 Å². The van der Waals surface area contributed by atoms with E-state index in [1.165, 1.54) is 30.8 Å². The lowest BCUT2D eigenvalue weighted by molar-refractivity contribution is 0.193. The van der Waals surface area contributed by atoms with Gasteiger partial charge in [-0.3, -0.25) is 4.90 Å². The second-order valence-corrected chi connectivity index (χ2v) is 5.12. The van der Waals surface area contributed by atoms with E-state index >= 15 is 0 Å². The summed E-state index contributed by atoms with van der Waals surface area (Å²) in [5, 5.41) is 0. The Kier molecular flexibility index (Phi) is 6.93. The molecular formula is C17H30N2. The Morgan fingerprint density at radius 1 is 1.00 bits per heavy atom. The Labute approximate surface area is 119 Å². The molecule has 1 atom stereocenters. The molecule has 1 saturated heterocycles. The minimum Gasteiger partial charge on any atom is -0.369 e. The van der Waals surface area contributed by atoms with Crippen molar-refractivity contribution >= 4 is 5.69 Å². The van der Waals surface area contributed by atoms with Crippen molar-refractivity contribution in [1.29, 1.82) is 0 Å². The number of benzene rings is 1. The normalized spacial score (nSPS) is 17.6. The first-order valence-corrected chi connectivity index (χ1v) is 7.76. The minimum atomic E-state index is 0.732. The van der Waals surface area contributed by atoms with Crippen LogP contribution < -0.4 is 4.90 Å². The summed E-state index contributed by atoms with van der Waals surface area (Å²) in [6.45, 7) is 15.5. The van der Waals surface area contributed by atoms with Crippen LogP contribution in [0.5, 0.6) is 0 Å². The maximum atomic E-state index is 2.60. The molecule has 1 unspecified atom stereocenters. The number of piperazine rings is 1. The predicted molar refractivity (Wildman–Crippen MR) is 86.1 cm³/mol. The molecule has 2 nitrogen and oxygen atoms in total. The van der Waals surface area contributed by atoms with E-state index in [9.17, 15) is 0 Å². The summed E-state index contributed by atoms with van der Waals surface area (Å²) >= 11 is 0. The molecule has 2 rings (SSSR count). The van der Waals surface area contributed by atoms with Gasteiger partial charge in [0.15, 0.2) is 0 Å². The number of aryl methyl sites for hydroxylation is 1. The van der Waals surface area contributed by atoms with E-state index in [-0.39, 0.29) is 0 Å². The highest BCUT2D eigenvalue weighted by molar-refractivity contribution is 5.47. The molecule has 0 N–H and O–H groups in total. The number of hydrogen-bond acceptors (Lipinski definition) is 2. The lowest BCUT2D eigenvalue weighted by Crippen LogP contribution is -2.49. The summed E-state index contributed by atoms with van der Waals surface area (Å²) in [7, 11) is 0. The number of rotatable bonds is 3. The monoisotopic (exact) mass is 262 g/mol. The maximum absolute atomic E-state index is 2.60. The van der Waals surface area contributed by atoms with E-state index in [0.717, 1.165) is 19.1 Å². The fourth-order valence-corrected chi connectivity index (χ4v) is 2.43. The summed E-state index contributed by atoms with van der Waals surface area (Å²) in [6.07, 6.45) is 1.25. The predicted octanol–water partition coefficient (Wildman–Crippen LogP) is 3.94. The third kappa shape index (κ3) is 4.54. The molecule has 0 bridgehead atoms. The maximum Gasteiger partial charge on any atom is 0.0367 e. The largest absolute Gasteiger partial charge is 0.369 e. The Bertz CT molecular complexity index is 337. The standard InChI is InChI=1S/C15H24N2.C2H6/c1-4-14(3)16-9-11-17(12-10-16)15-7-5-13(2)6-8-15;1-2/h5-8,14H,4,9-12H2,1-3H3;1-2H3. The van der Waals surface area contributed by atoms with Crippen LogP contribution in [0.2, 0.25) is 0 Å². The van der Waals surface area contributed by atoms with E-state index in [0.29, 0.717) is 0 Å². The van der Waals surface area contributed by atoms with E-state index in [4.69, 9.17) is 0 Å². The molecule has 0 amide bonds. The average Bonchev–Trinajstić information content (AvgIpc) is 2.49. The second-order valence-electron chi connectivity index (χ2n) is 5.12. The summed E-state index contributed by atoms with van der Waals surface area (Å²) in [6, 6.07) is 9.63. The van der Waals surface area contributed by atoms with Crippen molar-refractivity contribution in [2.45, 2.75) is 47.1 Å². The molecular weight excluding hydrogens is 232 g/mol. The highest BCUT2D eigenvalue weighted by Gasteiger charge is 2.19. The highest BCUT2D eigenvalue weighted by Crippen LogP contribution is 2.18. The van der Waals surface area contributed by atoms with Crippen molar-refractivity contribution in [2.24, 2.45) is 0 Å². The smallest absolute Gasteiger partial charge is 0.0367 e. The Hall–Kier alpha value is -1.02. The van der Waals surface area contributed by atoms with Crippen LogP contribution in [0.1, 0.15) is 39.7 Å². The van der Waals surface area contributed by atoms with Crippen molar-refractivity contribution in [2.75, 3.05) is 31.1 Å². The fourth-order valence-electron chi connectivity index (χ4n) is 2.43. The van der Waals surface area contributed by atoms with Crippen molar-refractivity contribution < 1.29 is 0 Å². The second kappa shape index (κ2) is 8.21. The van der Waals surface area contributed by atoms with Gasteiger partial charge in [-0.25, -0.2) is 0 Å². The van der Waals surface area contributed by atoms with Gasteiger partial charge in [0.05, 0.1) is 0 Å². The molecule has 2 heteroatoms. The topological polar surface area (TPSA) is 6.48 Å². The summed E-state index contributed by atoms with van der Waals surface area (Å²) in [5.74, 6) is 0. The van der Waals surface area contributed by atoms with Gasteiger partial charge in [0, 0.05) is 37.9 Å². The van der Waals surface area contributed by atoms with Crippen molar-refractivity contribution in [1.82, 2.24) is 4.90 Å². The third-order valence-electron chi connectivity index (χ3n) is 3.93. The summed E-state index contributed by atoms with van der Waals surface area (Å²) < 4.78 is 0. The number of nitrogens with zero attached hydrogens (tertiary/aromatic N) is 2. The summed E-state index contributed by atoms with van der Waals surface area (Å²) in [4.78, 5) is 5.10. The molecule has 1 heterocycles. The first-order valence-electron chi connectivity index (χ1n) is 7.76. The number of anilines is 1. The minimum absolute atomic E-state index is 0.732. The summed E-state index contributed by atoms with van der Waals surface area (Å²) in [5.41, 5.74) is 2.71. The first-order chi connectivity index (χ1) is 9.20. The van der Waals surface area contributed by atoms with Crippen LogP contribution in [0.25, 0.3) is 0 Å². The molecule has 1 fully saturated rings.